The highest BCUT2D eigenvalue weighted by Gasteiger charge is 2.11. The molecule has 19 heavy (non-hydrogen) atoms. The van der Waals surface area contributed by atoms with Gasteiger partial charge in [-0.2, -0.15) is 0 Å². The van der Waals surface area contributed by atoms with Gasteiger partial charge in [0, 0.05) is 18.8 Å². The van der Waals surface area contributed by atoms with E-state index in [1.165, 1.54) is 0 Å². The first kappa shape index (κ1) is 13.6. The molecule has 1 aromatic carbocycles. The summed E-state index contributed by atoms with van der Waals surface area (Å²) in [4.78, 5) is 4.31. The summed E-state index contributed by atoms with van der Waals surface area (Å²) in [7, 11) is 1.63. The largest absolute Gasteiger partial charge is 0.497 e. The molecular weight excluding hydrogens is 240 g/mol. The van der Waals surface area contributed by atoms with Gasteiger partial charge in [-0.05, 0) is 24.1 Å². The minimum atomic E-state index is -0.556. The lowest BCUT2D eigenvalue weighted by Gasteiger charge is -2.14. The van der Waals surface area contributed by atoms with Gasteiger partial charge >= 0.3 is 0 Å². The van der Waals surface area contributed by atoms with Crippen molar-refractivity contribution >= 4 is 0 Å². The van der Waals surface area contributed by atoms with E-state index in [4.69, 9.17) is 4.74 Å². The summed E-state index contributed by atoms with van der Waals surface area (Å²) in [6, 6.07) is 7.53. The quantitative estimate of drug-likeness (QED) is 0.868. The maximum Gasteiger partial charge on any atom is 0.119 e. The molecule has 102 valence electrons. The van der Waals surface area contributed by atoms with Crippen LogP contribution in [0.5, 0.6) is 5.75 Å². The summed E-state index contributed by atoms with van der Waals surface area (Å²) >= 11 is 0. The van der Waals surface area contributed by atoms with Crippen molar-refractivity contribution in [3.63, 3.8) is 0 Å². The molecule has 0 amide bonds. The molecule has 1 atom stereocenters. The van der Waals surface area contributed by atoms with Gasteiger partial charge in [0.1, 0.15) is 11.6 Å². The van der Waals surface area contributed by atoms with E-state index in [1.807, 2.05) is 35.0 Å². The Labute approximate surface area is 113 Å². The number of aromatic nitrogens is 2. The Morgan fingerprint density at radius 1 is 1.42 bits per heavy atom. The molecule has 0 radical (unpaired) electrons. The number of aryl methyl sites for hydroxylation is 1. The van der Waals surface area contributed by atoms with Crippen molar-refractivity contribution in [3.05, 3.63) is 48.0 Å². The maximum absolute atomic E-state index is 10.3. The predicted octanol–water partition coefficient (Wildman–Crippen LogP) is 2.58. The predicted molar refractivity (Wildman–Crippen MR) is 74.2 cm³/mol. The van der Waals surface area contributed by atoms with Crippen LogP contribution in [0, 0.1) is 0 Å². The number of benzene rings is 1. The lowest BCUT2D eigenvalue weighted by atomic mass is 10.1. The zero-order valence-electron chi connectivity index (χ0n) is 11.4. The molecule has 4 heteroatoms. The van der Waals surface area contributed by atoms with Crippen LogP contribution in [0.25, 0.3) is 0 Å². The second kappa shape index (κ2) is 6.38. The van der Waals surface area contributed by atoms with E-state index in [-0.39, 0.29) is 0 Å². The molecule has 0 aliphatic rings. The molecule has 0 saturated carbocycles. The fourth-order valence-corrected chi connectivity index (χ4v) is 2.10. The molecule has 0 bridgehead atoms. The van der Waals surface area contributed by atoms with Gasteiger partial charge in [0.05, 0.1) is 19.8 Å². The lowest BCUT2D eigenvalue weighted by Crippen LogP contribution is -2.11. The molecular formula is C15H20N2O2. The molecule has 1 N–H and O–H groups in total. The van der Waals surface area contributed by atoms with Gasteiger partial charge in [-0.3, -0.25) is 0 Å². The van der Waals surface area contributed by atoms with E-state index in [0.29, 0.717) is 6.54 Å². The number of aliphatic hydroxyl groups excluding tert-OH is 1. The maximum atomic E-state index is 10.3. The average molecular weight is 260 g/mol. The van der Waals surface area contributed by atoms with Crippen LogP contribution >= 0.6 is 0 Å². The second-order valence-electron chi connectivity index (χ2n) is 4.54. The van der Waals surface area contributed by atoms with Gasteiger partial charge in [-0.25, -0.2) is 4.98 Å². The van der Waals surface area contributed by atoms with E-state index in [2.05, 4.69) is 11.9 Å². The number of nitrogens with zero attached hydrogens (tertiary/aromatic N) is 2. The highest BCUT2D eigenvalue weighted by Crippen LogP contribution is 2.21. The molecule has 2 rings (SSSR count). The van der Waals surface area contributed by atoms with Gasteiger partial charge in [-0.15, -0.1) is 0 Å². The topological polar surface area (TPSA) is 47.3 Å². The van der Waals surface area contributed by atoms with Gasteiger partial charge < -0.3 is 14.4 Å². The SMILES string of the molecule is CCCc1nccn1CC(O)c1cccc(OC)c1. The Balaban J connectivity index is 2.11. The molecule has 0 aliphatic heterocycles. The molecule has 2 aromatic rings. The fourth-order valence-electron chi connectivity index (χ4n) is 2.10. The standard InChI is InChI=1S/C15H20N2O2/c1-3-5-15-16-8-9-17(15)11-14(18)12-6-4-7-13(10-12)19-2/h4,6-10,14,18H,3,5,11H2,1-2H3. The van der Waals surface area contributed by atoms with Crippen molar-refractivity contribution in [2.75, 3.05) is 7.11 Å². The number of rotatable bonds is 6. The van der Waals surface area contributed by atoms with Gasteiger partial charge in [-0.1, -0.05) is 19.1 Å². The van der Waals surface area contributed by atoms with Crippen LogP contribution in [0.2, 0.25) is 0 Å². The van der Waals surface area contributed by atoms with Gasteiger partial charge in [0.25, 0.3) is 0 Å². The van der Waals surface area contributed by atoms with Gasteiger partial charge in [0.15, 0.2) is 0 Å². The third-order valence-corrected chi connectivity index (χ3v) is 3.12. The zero-order chi connectivity index (χ0) is 13.7. The van der Waals surface area contributed by atoms with E-state index in [9.17, 15) is 5.11 Å². The van der Waals surface area contributed by atoms with Crippen LogP contribution in [0.3, 0.4) is 0 Å². The van der Waals surface area contributed by atoms with E-state index >= 15 is 0 Å². The monoisotopic (exact) mass is 260 g/mol. The Morgan fingerprint density at radius 3 is 3.00 bits per heavy atom. The summed E-state index contributed by atoms with van der Waals surface area (Å²) in [5, 5.41) is 10.3. The number of hydrogen-bond acceptors (Lipinski definition) is 3. The minimum absolute atomic E-state index is 0.516. The number of ether oxygens (including phenoxy) is 1. The second-order valence-corrected chi connectivity index (χ2v) is 4.54. The Bertz CT molecular complexity index is 522. The van der Waals surface area contributed by atoms with Crippen LogP contribution in [0.1, 0.15) is 30.8 Å². The highest BCUT2D eigenvalue weighted by molar-refractivity contribution is 5.29. The first-order valence-corrected chi connectivity index (χ1v) is 6.56. The first-order valence-electron chi connectivity index (χ1n) is 6.56. The third-order valence-electron chi connectivity index (χ3n) is 3.12. The van der Waals surface area contributed by atoms with Crippen molar-refractivity contribution in [3.8, 4) is 5.75 Å². The Morgan fingerprint density at radius 2 is 2.26 bits per heavy atom. The van der Waals surface area contributed by atoms with Crippen LogP contribution in [0.4, 0.5) is 0 Å². The van der Waals surface area contributed by atoms with Crippen LogP contribution in [-0.4, -0.2) is 21.8 Å². The summed E-state index contributed by atoms with van der Waals surface area (Å²) < 4.78 is 7.18. The van der Waals surface area contributed by atoms with Crippen molar-refractivity contribution in [1.29, 1.82) is 0 Å². The minimum Gasteiger partial charge on any atom is -0.497 e. The highest BCUT2D eigenvalue weighted by atomic mass is 16.5. The fraction of sp³-hybridized carbons (Fsp3) is 0.400. The summed E-state index contributed by atoms with van der Waals surface area (Å²) in [5.74, 6) is 1.78. The molecule has 1 heterocycles. The molecule has 0 aliphatic carbocycles. The normalized spacial score (nSPS) is 12.4. The van der Waals surface area contributed by atoms with Gasteiger partial charge in [0.2, 0.25) is 0 Å². The summed E-state index contributed by atoms with van der Waals surface area (Å²) in [6.07, 6.45) is 5.11. The summed E-state index contributed by atoms with van der Waals surface area (Å²) in [6.45, 7) is 2.64. The number of aliphatic hydroxyl groups is 1. The molecule has 0 saturated heterocycles. The zero-order valence-corrected chi connectivity index (χ0v) is 11.4. The van der Waals surface area contributed by atoms with Crippen LogP contribution in [0.15, 0.2) is 36.7 Å². The molecule has 1 unspecified atom stereocenters. The lowest BCUT2D eigenvalue weighted by molar-refractivity contribution is 0.155. The molecule has 0 spiro atoms. The van der Waals surface area contributed by atoms with Crippen LogP contribution < -0.4 is 4.74 Å². The number of imidazole rings is 1. The number of hydrogen-bond donors (Lipinski definition) is 1. The summed E-state index contributed by atoms with van der Waals surface area (Å²) in [5.41, 5.74) is 0.857. The Hall–Kier alpha value is -1.81. The first-order chi connectivity index (χ1) is 9.24. The van der Waals surface area contributed by atoms with E-state index in [1.54, 1.807) is 13.3 Å². The molecule has 4 nitrogen and oxygen atoms in total. The van der Waals surface area contributed by atoms with E-state index < -0.39 is 6.10 Å². The molecule has 1 aromatic heterocycles. The molecule has 0 fully saturated rings. The van der Waals surface area contributed by atoms with Crippen molar-refractivity contribution < 1.29 is 9.84 Å². The number of methoxy groups -OCH3 is 1. The smallest absolute Gasteiger partial charge is 0.119 e. The van der Waals surface area contributed by atoms with Crippen molar-refractivity contribution in [2.24, 2.45) is 0 Å². The van der Waals surface area contributed by atoms with E-state index in [0.717, 1.165) is 30.0 Å². The average Bonchev–Trinajstić information content (AvgIpc) is 2.86. The Kier molecular flexibility index (Phi) is 4.58. The van der Waals surface area contributed by atoms with Crippen molar-refractivity contribution in [2.45, 2.75) is 32.4 Å². The third kappa shape index (κ3) is 3.35. The van der Waals surface area contributed by atoms with Crippen LogP contribution in [-0.2, 0) is 13.0 Å². The van der Waals surface area contributed by atoms with Crippen molar-refractivity contribution in [1.82, 2.24) is 9.55 Å².